The monoisotopic (exact) mass is 561 g/mol. The van der Waals surface area contributed by atoms with Gasteiger partial charge in [0.1, 0.15) is 6.54 Å². The number of nitrogens with zero attached hydrogens (tertiary/aromatic N) is 2. The molecule has 0 amide bonds. The highest BCUT2D eigenvalue weighted by atomic mass is 16.5. The number of anilines is 1. The third-order valence-electron chi connectivity index (χ3n) is 10.1. The molecule has 220 valence electrons. The lowest BCUT2D eigenvalue weighted by Gasteiger charge is -2.28. The lowest BCUT2D eigenvalue weighted by atomic mass is 9.83. The molecule has 3 heteroatoms. The lowest BCUT2D eigenvalue weighted by molar-refractivity contribution is -0.439. The van der Waals surface area contributed by atoms with E-state index in [0.717, 1.165) is 18.9 Å². The van der Waals surface area contributed by atoms with Crippen LogP contribution in [-0.2, 0) is 10.3 Å². The Morgan fingerprint density at radius 1 is 0.881 bits per heavy atom. The molecule has 1 aliphatic carbocycles. The summed E-state index contributed by atoms with van der Waals surface area (Å²) in [6.07, 6.45) is 23.5. The van der Waals surface area contributed by atoms with Crippen LogP contribution in [0, 0.1) is 5.92 Å². The average molecular weight is 562 g/mol. The van der Waals surface area contributed by atoms with Gasteiger partial charge in [-0.15, -0.1) is 0 Å². The molecular weight excluding hydrogens is 512 g/mol. The van der Waals surface area contributed by atoms with E-state index in [1.54, 1.807) is 0 Å². The predicted octanol–water partition coefficient (Wildman–Crippen LogP) is 9.81. The summed E-state index contributed by atoms with van der Waals surface area (Å²) < 4.78 is 9.25. The highest BCUT2D eigenvalue weighted by Crippen LogP contribution is 2.47. The van der Waals surface area contributed by atoms with E-state index < -0.39 is 5.60 Å². The number of allylic oxidation sites excluding steroid dienone is 1. The van der Waals surface area contributed by atoms with Crippen molar-refractivity contribution in [2.75, 3.05) is 31.6 Å². The van der Waals surface area contributed by atoms with Crippen molar-refractivity contribution in [3.8, 4) is 0 Å². The van der Waals surface area contributed by atoms with Gasteiger partial charge in [-0.05, 0) is 79.1 Å². The Morgan fingerprint density at radius 3 is 2.43 bits per heavy atom. The smallest absolute Gasteiger partial charge is 0.219 e. The van der Waals surface area contributed by atoms with Gasteiger partial charge in [0.15, 0.2) is 5.60 Å². The summed E-state index contributed by atoms with van der Waals surface area (Å²) in [5.74, 6) is 0.948. The molecule has 1 saturated carbocycles. The van der Waals surface area contributed by atoms with Crippen LogP contribution in [0.5, 0.6) is 0 Å². The number of rotatable bonds is 11. The molecule has 1 saturated heterocycles. The first-order valence-corrected chi connectivity index (χ1v) is 16.6. The largest absolute Gasteiger partial charge is 0.372 e. The molecule has 6 rings (SSSR count). The van der Waals surface area contributed by atoms with Gasteiger partial charge in [-0.1, -0.05) is 80.7 Å². The molecule has 3 aromatic rings. The molecule has 0 N–H and O–H groups in total. The molecule has 42 heavy (non-hydrogen) atoms. The molecule has 2 aliphatic heterocycles. The number of fused-ring (bicyclic) bond motifs is 3. The van der Waals surface area contributed by atoms with E-state index in [4.69, 9.17) is 4.74 Å². The predicted molar refractivity (Wildman–Crippen MR) is 179 cm³/mol. The van der Waals surface area contributed by atoms with E-state index in [9.17, 15) is 0 Å². The second-order valence-electron chi connectivity index (χ2n) is 12.6. The minimum atomic E-state index is -0.529. The van der Waals surface area contributed by atoms with Gasteiger partial charge >= 0.3 is 0 Å². The molecule has 2 heterocycles. The van der Waals surface area contributed by atoms with E-state index in [1.165, 1.54) is 116 Å². The molecule has 2 fully saturated rings. The van der Waals surface area contributed by atoms with Gasteiger partial charge in [-0.2, -0.15) is 4.58 Å². The van der Waals surface area contributed by atoms with Crippen LogP contribution >= 0.6 is 0 Å². The highest BCUT2D eigenvalue weighted by molar-refractivity contribution is 6.09. The maximum absolute atomic E-state index is 6.66. The quantitative estimate of drug-likeness (QED) is 0.131. The third-order valence-corrected chi connectivity index (χ3v) is 10.1. The fraction of sp³-hybridized carbons (Fsp3) is 0.462. The van der Waals surface area contributed by atoms with Crippen molar-refractivity contribution >= 4 is 33.9 Å². The normalized spacial score (nSPS) is 21.4. The maximum atomic E-state index is 6.66. The highest BCUT2D eigenvalue weighted by Gasteiger charge is 2.52. The number of methoxy groups -OCH3 is 1. The standard InChI is InChI=1S/C39H49N2O/c1-3-4-27-39(42-2)37(26-21-32-19-23-34(24-20-32)40-28-11-5-12-29-40)41(30-13-10-16-31-14-6-7-15-31)36-25-22-33-17-8-9-18-35(33)38(36)39/h3-4,8-9,17-26,31H,5-7,10-16,27-30H2,1-2H3/q+1. The van der Waals surface area contributed by atoms with Gasteiger partial charge in [0.05, 0.1) is 5.56 Å². The van der Waals surface area contributed by atoms with Crippen molar-refractivity contribution in [1.29, 1.82) is 0 Å². The minimum Gasteiger partial charge on any atom is -0.372 e. The molecule has 3 aliphatic rings. The number of ether oxygens (including phenoxy) is 1. The van der Waals surface area contributed by atoms with Gasteiger partial charge in [-0.3, -0.25) is 0 Å². The molecule has 0 bridgehead atoms. The number of hydrogen-bond acceptors (Lipinski definition) is 2. The van der Waals surface area contributed by atoms with Gasteiger partial charge in [-0.25, -0.2) is 0 Å². The maximum Gasteiger partial charge on any atom is 0.219 e. The van der Waals surface area contributed by atoms with Crippen molar-refractivity contribution in [1.82, 2.24) is 0 Å². The minimum absolute atomic E-state index is 0.529. The first-order valence-electron chi connectivity index (χ1n) is 16.6. The van der Waals surface area contributed by atoms with Gasteiger partial charge in [0.25, 0.3) is 0 Å². The van der Waals surface area contributed by atoms with E-state index in [0.29, 0.717) is 0 Å². The summed E-state index contributed by atoms with van der Waals surface area (Å²) in [7, 11) is 1.90. The third kappa shape index (κ3) is 5.86. The summed E-state index contributed by atoms with van der Waals surface area (Å²) in [5, 5.41) is 2.57. The molecule has 1 atom stereocenters. The Bertz CT molecular complexity index is 1440. The van der Waals surface area contributed by atoms with Crippen molar-refractivity contribution in [2.24, 2.45) is 5.92 Å². The summed E-state index contributed by atoms with van der Waals surface area (Å²) in [4.78, 5) is 2.53. The summed E-state index contributed by atoms with van der Waals surface area (Å²) >= 11 is 0. The second kappa shape index (κ2) is 13.4. The zero-order chi connectivity index (χ0) is 28.8. The summed E-state index contributed by atoms with van der Waals surface area (Å²) in [5.41, 5.74) is 5.94. The van der Waals surface area contributed by atoms with E-state index in [-0.39, 0.29) is 0 Å². The zero-order valence-electron chi connectivity index (χ0n) is 25.9. The van der Waals surface area contributed by atoms with Gasteiger partial charge in [0, 0.05) is 50.9 Å². The van der Waals surface area contributed by atoms with Gasteiger partial charge in [0.2, 0.25) is 11.4 Å². The van der Waals surface area contributed by atoms with Gasteiger partial charge < -0.3 is 9.64 Å². The van der Waals surface area contributed by atoms with Crippen molar-refractivity contribution < 1.29 is 9.31 Å². The molecule has 0 aromatic heterocycles. The molecule has 0 radical (unpaired) electrons. The summed E-state index contributed by atoms with van der Waals surface area (Å²) in [6, 6.07) is 22.6. The van der Waals surface area contributed by atoms with E-state index in [1.807, 2.05) is 7.11 Å². The van der Waals surface area contributed by atoms with Crippen molar-refractivity contribution in [3.05, 3.63) is 90.0 Å². The first kappa shape index (κ1) is 28.9. The van der Waals surface area contributed by atoms with E-state index >= 15 is 0 Å². The average Bonchev–Trinajstić information content (AvgIpc) is 3.66. The Labute approximate surface area is 253 Å². The molecule has 3 nitrogen and oxygen atoms in total. The Balaban J connectivity index is 1.37. The van der Waals surface area contributed by atoms with Crippen LogP contribution in [0.2, 0.25) is 0 Å². The molecule has 0 spiro atoms. The Kier molecular flexibility index (Phi) is 9.24. The zero-order valence-corrected chi connectivity index (χ0v) is 25.9. The van der Waals surface area contributed by atoms with Crippen LogP contribution in [0.1, 0.15) is 88.7 Å². The second-order valence-corrected chi connectivity index (χ2v) is 12.6. The number of benzene rings is 3. The topological polar surface area (TPSA) is 15.5 Å². The van der Waals surface area contributed by atoms with Crippen LogP contribution in [0.3, 0.4) is 0 Å². The fourth-order valence-corrected chi connectivity index (χ4v) is 7.76. The Hall–Kier alpha value is -3.17. The number of hydrogen-bond donors (Lipinski definition) is 0. The summed E-state index contributed by atoms with van der Waals surface area (Å²) in [6.45, 7) is 5.49. The lowest BCUT2D eigenvalue weighted by Crippen LogP contribution is -2.36. The van der Waals surface area contributed by atoms with Crippen LogP contribution in [-0.4, -0.2) is 37.0 Å². The number of piperidine rings is 1. The van der Waals surface area contributed by atoms with Crippen LogP contribution in [0.15, 0.2) is 78.9 Å². The Morgan fingerprint density at radius 2 is 1.67 bits per heavy atom. The molecule has 3 aromatic carbocycles. The first-order chi connectivity index (χ1) is 20.7. The number of unbranched alkanes of at least 4 members (excludes halogenated alkanes) is 1. The van der Waals surface area contributed by atoms with Crippen LogP contribution in [0.25, 0.3) is 16.8 Å². The molecular formula is C39H49N2O+. The van der Waals surface area contributed by atoms with Crippen molar-refractivity contribution in [2.45, 2.75) is 83.2 Å². The van der Waals surface area contributed by atoms with E-state index in [2.05, 4.69) is 101 Å². The van der Waals surface area contributed by atoms with Crippen molar-refractivity contribution in [3.63, 3.8) is 0 Å². The molecule has 1 unspecified atom stereocenters. The van der Waals surface area contributed by atoms with Crippen LogP contribution in [0.4, 0.5) is 11.4 Å². The van der Waals surface area contributed by atoms with Crippen LogP contribution < -0.4 is 4.90 Å². The SMILES string of the molecule is CC=CCC1(OC)C(C=Cc2ccc(N3CCCCC3)cc2)=[N+](CCCCC2CCCC2)c2ccc3ccccc3c21. The fourth-order valence-electron chi connectivity index (χ4n) is 7.76.